The zero-order chi connectivity index (χ0) is 12.8. The van der Waals surface area contributed by atoms with Crippen molar-refractivity contribution in [3.63, 3.8) is 0 Å². The van der Waals surface area contributed by atoms with Gasteiger partial charge in [-0.15, -0.1) is 11.3 Å². The highest BCUT2D eigenvalue weighted by molar-refractivity contribution is 7.13. The third-order valence-electron chi connectivity index (χ3n) is 2.07. The average molecular weight is 267 g/mol. The second-order valence-corrected chi connectivity index (χ2v) is 4.32. The third-order valence-corrected chi connectivity index (χ3v) is 2.87. The zero-order valence-electron chi connectivity index (χ0n) is 9.80. The highest BCUT2D eigenvalue weighted by Crippen LogP contribution is 2.15. The predicted octanol–water partition coefficient (Wildman–Crippen LogP) is 2.20. The summed E-state index contributed by atoms with van der Waals surface area (Å²) in [5, 5.41) is 7.69. The number of carbonyl (C=O) groups is 1. The Morgan fingerprint density at radius 1 is 1.61 bits per heavy atom. The molecule has 6 nitrogen and oxygen atoms in total. The van der Waals surface area contributed by atoms with Crippen LogP contribution in [-0.2, 0) is 17.9 Å². The van der Waals surface area contributed by atoms with Crippen molar-refractivity contribution in [2.45, 2.75) is 13.2 Å². The third kappa shape index (κ3) is 3.57. The average Bonchev–Trinajstić information content (AvgIpc) is 2.99. The Labute approximate surface area is 108 Å². The minimum atomic E-state index is -0.315. The summed E-state index contributed by atoms with van der Waals surface area (Å²) in [6.45, 7) is 0.779. The molecular formula is C11H13N3O3S. The molecule has 2 N–H and O–H groups in total. The molecule has 0 saturated carbocycles. The SMILES string of the molecule is COCc1csc(NC(=O)NCc2ccco2)n1. The van der Waals surface area contributed by atoms with Gasteiger partial charge in [-0.1, -0.05) is 0 Å². The number of aromatic nitrogens is 1. The number of thiazole rings is 1. The van der Waals surface area contributed by atoms with E-state index in [1.807, 2.05) is 5.38 Å². The van der Waals surface area contributed by atoms with Crippen molar-refractivity contribution in [2.24, 2.45) is 0 Å². The van der Waals surface area contributed by atoms with Gasteiger partial charge >= 0.3 is 6.03 Å². The molecule has 0 aliphatic carbocycles. The van der Waals surface area contributed by atoms with Crippen LogP contribution in [0.4, 0.5) is 9.93 Å². The normalized spacial score (nSPS) is 10.3. The lowest BCUT2D eigenvalue weighted by molar-refractivity contribution is 0.182. The monoisotopic (exact) mass is 267 g/mol. The number of hydrogen-bond donors (Lipinski definition) is 2. The molecule has 0 bridgehead atoms. The number of methoxy groups -OCH3 is 1. The predicted molar refractivity (Wildman–Crippen MR) is 67.4 cm³/mol. The number of ether oxygens (including phenoxy) is 1. The Bertz CT molecular complexity index is 495. The number of amides is 2. The fraction of sp³-hybridized carbons (Fsp3) is 0.273. The standard InChI is InChI=1S/C11H13N3O3S/c1-16-6-8-7-18-11(13-8)14-10(15)12-5-9-3-2-4-17-9/h2-4,7H,5-6H2,1H3,(H2,12,13,14,15). The Kier molecular flexibility index (Phi) is 4.32. The van der Waals surface area contributed by atoms with E-state index in [-0.39, 0.29) is 6.03 Å². The van der Waals surface area contributed by atoms with Gasteiger partial charge in [0, 0.05) is 12.5 Å². The van der Waals surface area contributed by atoms with Crippen LogP contribution in [0.25, 0.3) is 0 Å². The summed E-state index contributed by atoms with van der Waals surface area (Å²) in [4.78, 5) is 15.7. The van der Waals surface area contributed by atoms with E-state index >= 15 is 0 Å². The molecule has 0 unspecified atom stereocenters. The Morgan fingerprint density at radius 3 is 3.22 bits per heavy atom. The first-order valence-electron chi connectivity index (χ1n) is 5.28. The summed E-state index contributed by atoms with van der Waals surface area (Å²) in [5.41, 5.74) is 0.795. The van der Waals surface area contributed by atoms with Crippen molar-refractivity contribution in [3.8, 4) is 0 Å². The molecule has 2 aromatic rings. The number of urea groups is 1. The first kappa shape index (κ1) is 12.6. The quantitative estimate of drug-likeness (QED) is 0.870. The molecule has 0 radical (unpaired) electrons. The van der Waals surface area contributed by atoms with Gasteiger partial charge in [-0.05, 0) is 12.1 Å². The molecule has 0 fully saturated rings. The van der Waals surface area contributed by atoms with E-state index < -0.39 is 0 Å². The Hall–Kier alpha value is -1.86. The molecule has 2 rings (SSSR count). The van der Waals surface area contributed by atoms with Crippen LogP contribution in [0.2, 0.25) is 0 Å². The lowest BCUT2D eigenvalue weighted by Crippen LogP contribution is -2.27. The summed E-state index contributed by atoms with van der Waals surface area (Å²) in [5.74, 6) is 0.698. The van der Waals surface area contributed by atoms with E-state index in [1.165, 1.54) is 11.3 Å². The molecule has 0 aliphatic rings. The first-order chi connectivity index (χ1) is 8.78. The number of carbonyl (C=O) groups excluding carboxylic acids is 1. The van der Waals surface area contributed by atoms with Gasteiger partial charge in [-0.25, -0.2) is 9.78 Å². The smallest absolute Gasteiger partial charge is 0.321 e. The second kappa shape index (κ2) is 6.18. The molecule has 0 atom stereocenters. The number of rotatable bonds is 5. The molecule has 2 aromatic heterocycles. The number of furan rings is 1. The van der Waals surface area contributed by atoms with Crippen molar-refractivity contribution in [1.82, 2.24) is 10.3 Å². The molecule has 2 heterocycles. The highest BCUT2D eigenvalue weighted by Gasteiger charge is 2.06. The minimum absolute atomic E-state index is 0.315. The topological polar surface area (TPSA) is 76.4 Å². The zero-order valence-corrected chi connectivity index (χ0v) is 10.6. The van der Waals surface area contributed by atoms with Crippen molar-refractivity contribution in [2.75, 3.05) is 12.4 Å². The van der Waals surface area contributed by atoms with Gasteiger partial charge in [-0.3, -0.25) is 5.32 Å². The minimum Gasteiger partial charge on any atom is -0.467 e. The number of anilines is 1. The summed E-state index contributed by atoms with van der Waals surface area (Å²) in [6.07, 6.45) is 1.56. The fourth-order valence-corrected chi connectivity index (χ4v) is 1.99. The van der Waals surface area contributed by atoms with Crippen LogP contribution >= 0.6 is 11.3 Å². The maximum Gasteiger partial charge on any atom is 0.321 e. The fourth-order valence-electron chi connectivity index (χ4n) is 1.30. The van der Waals surface area contributed by atoms with Crippen LogP contribution in [0, 0.1) is 0 Å². The number of nitrogens with zero attached hydrogens (tertiary/aromatic N) is 1. The van der Waals surface area contributed by atoms with E-state index in [9.17, 15) is 4.79 Å². The molecule has 96 valence electrons. The van der Waals surface area contributed by atoms with Crippen LogP contribution in [0.3, 0.4) is 0 Å². The molecular weight excluding hydrogens is 254 g/mol. The van der Waals surface area contributed by atoms with Crippen LogP contribution < -0.4 is 10.6 Å². The number of nitrogens with one attached hydrogen (secondary N) is 2. The van der Waals surface area contributed by atoms with Gasteiger partial charge in [0.15, 0.2) is 5.13 Å². The number of hydrogen-bond acceptors (Lipinski definition) is 5. The van der Waals surface area contributed by atoms with Crippen LogP contribution in [0.5, 0.6) is 0 Å². The Balaban J connectivity index is 1.79. The van der Waals surface area contributed by atoms with Gasteiger partial charge in [0.05, 0.1) is 25.1 Å². The molecule has 2 amide bonds. The van der Waals surface area contributed by atoms with Crippen molar-refractivity contribution in [3.05, 3.63) is 35.2 Å². The van der Waals surface area contributed by atoms with Crippen LogP contribution in [-0.4, -0.2) is 18.1 Å². The van der Waals surface area contributed by atoms with Gasteiger partial charge in [-0.2, -0.15) is 0 Å². The largest absolute Gasteiger partial charge is 0.467 e. The molecule has 7 heteroatoms. The maximum absolute atomic E-state index is 11.5. The maximum atomic E-state index is 11.5. The van der Waals surface area contributed by atoms with Gasteiger partial charge in [0.2, 0.25) is 0 Å². The summed E-state index contributed by atoms with van der Waals surface area (Å²) in [6, 6.07) is 3.25. The summed E-state index contributed by atoms with van der Waals surface area (Å²) < 4.78 is 10.0. The van der Waals surface area contributed by atoms with Gasteiger partial charge in [0.25, 0.3) is 0 Å². The van der Waals surface area contributed by atoms with E-state index in [0.717, 1.165) is 5.69 Å². The lowest BCUT2D eigenvalue weighted by Gasteiger charge is -2.02. The molecule has 0 aromatic carbocycles. The molecule has 0 saturated heterocycles. The van der Waals surface area contributed by atoms with Crippen LogP contribution in [0.1, 0.15) is 11.5 Å². The van der Waals surface area contributed by atoms with E-state index in [1.54, 1.807) is 25.5 Å². The van der Waals surface area contributed by atoms with Gasteiger partial charge < -0.3 is 14.5 Å². The van der Waals surface area contributed by atoms with E-state index in [4.69, 9.17) is 9.15 Å². The van der Waals surface area contributed by atoms with E-state index in [2.05, 4.69) is 15.6 Å². The molecule has 18 heavy (non-hydrogen) atoms. The van der Waals surface area contributed by atoms with Crippen molar-refractivity contribution >= 4 is 22.5 Å². The molecule has 0 spiro atoms. The molecule has 0 aliphatic heterocycles. The lowest BCUT2D eigenvalue weighted by atomic mass is 10.4. The van der Waals surface area contributed by atoms with Crippen molar-refractivity contribution in [1.29, 1.82) is 0 Å². The Morgan fingerprint density at radius 2 is 2.50 bits per heavy atom. The van der Waals surface area contributed by atoms with Gasteiger partial charge in [0.1, 0.15) is 5.76 Å². The summed E-state index contributed by atoms with van der Waals surface area (Å²) >= 11 is 1.35. The van der Waals surface area contributed by atoms with E-state index in [0.29, 0.717) is 24.0 Å². The second-order valence-electron chi connectivity index (χ2n) is 3.46. The highest BCUT2D eigenvalue weighted by atomic mass is 32.1. The first-order valence-corrected chi connectivity index (χ1v) is 6.16. The van der Waals surface area contributed by atoms with Crippen LogP contribution in [0.15, 0.2) is 28.2 Å². The van der Waals surface area contributed by atoms with Crippen molar-refractivity contribution < 1.29 is 13.9 Å². The summed E-state index contributed by atoms with van der Waals surface area (Å²) in [7, 11) is 1.60.